The molecule has 1 unspecified atom stereocenters. The summed E-state index contributed by atoms with van der Waals surface area (Å²) in [6.45, 7) is 4.74. The first-order valence-corrected chi connectivity index (χ1v) is 9.53. The van der Waals surface area contributed by atoms with E-state index in [9.17, 15) is 14.7 Å². The van der Waals surface area contributed by atoms with Gasteiger partial charge in [-0.1, -0.05) is 18.5 Å². The van der Waals surface area contributed by atoms with Crippen LogP contribution in [0.3, 0.4) is 0 Å². The van der Waals surface area contributed by atoms with Crippen LogP contribution >= 0.6 is 11.6 Å². The largest absolute Gasteiger partial charge is 0.490 e. The van der Waals surface area contributed by atoms with Gasteiger partial charge >= 0.3 is 5.97 Å². The minimum atomic E-state index is -1.23. The number of carboxylic acid groups (broad SMARTS) is 1. The summed E-state index contributed by atoms with van der Waals surface area (Å²) in [6.07, 6.45) is 5.22. The zero-order valence-corrected chi connectivity index (χ0v) is 16.0. The summed E-state index contributed by atoms with van der Waals surface area (Å²) in [6, 6.07) is 3.27. The number of hydrogen-bond donors (Lipinski definition) is 1. The fourth-order valence-electron chi connectivity index (χ4n) is 3.58. The lowest BCUT2D eigenvalue weighted by atomic mass is 9.84. The van der Waals surface area contributed by atoms with Gasteiger partial charge in [0.05, 0.1) is 18.0 Å². The Morgan fingerprint density at radius 2 is 2.19 bits per heavy atom. The van der Waals surface area contributed by atoms with Gasteiger partial charge in [-0.2, -0.15) is 0 Å². The average molecular weight is 389 g/mol. The molecule has 1 atom stereocenters. The zero-order valence-electron chi connectivity index (χ0n) is 15.3. The number of aromatic nitrogens is 2. The third-order valence-corrected chi connectivity index (χ3v) is 5.90. The second kappa shape index (κ2) is 6.37. The maximum atomic E-state index is 12.3. The van der Waals surface area contributed by atoms with Crippen LogP contribution in [0.15, 0.2) is 23.1 Å². The Morgan fingerprint density at radius 3 is 2.81 bits per heavy atom. The van der Waals surface area contributed by atoms with Crippen LogP contribution in [0.2, 0.25) is 5.15 Å². The highest BCUT2D eigenvalue weighted by molar-refractivity contribution is 6.31. The van der Waals surface area contributed by atoms with Crippen molar-refractivity contribution >= 4 is 17.6 Å². The summed E-state index contributed by atoms with van der Waals surface area (Å²) in [7, 11) is 0. The number of hydrogen-bond acceptors (Lipinski definition) is 4. The van der Waals surface area contributed by atoms with Gasteiger partial charge in [-0.3, -0.25) is 4.79 Å². The Hall–Kier alpha value is -2.34. The molecule has 0 radical (unpaired) electrons. The van der Waals surface area contributed by atoms with Crippen molar-refractivity contribution in [3.63, 3.8) is 0 Å². The van der Waals surface area contributed by atoms with Crippen molar-refractivity contribution in [2.24, 2.45) is 5.92 Å². The predicted octanol–water partition coefficient (Wildman–Crippen LogP) is 3.73. The Kier molecular flexibility index (Phi) is 4.26. The van der Waals surface area contributed by atoms with Crippen LogP contribution in [-0.4, -0.2) is 27.2 Å². The molecule has 3 heterocycles. The molecule has 6 nitrogen and oxygen atoms in total. The minimum absolute atomic E-state index is 0.239. The number of aromatic carboxylic acids is 1. The molecule has 7 heteroatoms. The third-order valence-electron chi connectivity index (χ3n) is 5.63. The molecule has 1 aliphatic heterocycles. The number of carbonyl (C=O) groups is 1. The fraction of sp³-hybridized carbons (Fsp3) is 0.450. The number of halogens is 1. The Labute approximate surface area is 161 Å². The lowest BCUT2D eigenvalue weighted by molar-refractivity contribution is 0.0694. The summed E-state index contributed by atoms with van der Waals surface area (Å²) < 4.78 is 7.71. The molecular weight excluding hydrogens is 368 g/mol. The van der Waals surface area contributed by atoms with Gasteiger partial charge in [0.2, 0.25) is 0 Å². The molecule has 27 heavy (non-hydrogen) atoms. The Balaban J connectivity index is 1.86. The van der Waals surface area contributed by atoms with E-state index < -0.39 is 11.4 Å². The first-order chi connectivity index (χ1) is 12.8. The van der Waals surface area contributed by atoms with Crippen molar-refractivity contribution in [1.82, 2.24) is 9.55 Å². The van der Waals surface area contributed by atoms with Crippen molar-refractivity contribution in [2.45, 2.75) is 45.1 Å². The van der Waals surface area contributed by atoms with Crippen LogP contribution < -0.4 is 10.2 Å². The molecule has 2 aromatic rings. The molecule has 142 valence electrons. The van der Waals surface area contributed by atoms with Gasteiger partial charge in [-0.15, -0.1) is 0 Å². The average Bonchev–Trinajstić information content (AvgIpc) is 3.44. The van der Waals surface area contributed by atoms with Crippen molar-refractivity contribution in [1.29, 1.82) is 0 Å². The van der Waals surface area contributed by atoms with E-state index in [-0.39, 0.29) is 16.3 Å². The number of rotatable bonds is 5. The highest BCUT2D eigenvalue weighted by atomic mass is 35.5. The normalized spacial score (nSPS) is 20.7. The maximum absolute atomic E-state index is 12.3. The summed E-state index contributed by atoms with van der Waals surface area (Å²) in [5, 5.41) is 9.59. The van der Waals surface area contributed by atoms with Crippen LogP contribution in [-0.2, 0) is 12.0 Å². The van der Waals surface area contributed by atoms with E-state index >= 15 is 0 Å². The summed E-state index contributed by atoms with van der Waals surface area (Å²) >= 11 is 6.34. The molecular formula is C20H21ClN2O4. The van der Waals surface area contributed by atoms with Gasteiger partial charge in [0.25, 0.3) is 0 Å². The van der Waals surface area contributed by atoms with E-state index in [2.05, 4.69) is 11.9 Å². The molecule has 1 aliphatic carbocycles. The molecule has 1 fully saturated rings. The molecule has 2 aromatic heterocycles. The maximum Gasteiger partial charge on any atom is 0.341 e. The highest BCUT2D eigenvalue weighted by Crippen LogP contribution is 2.41. The molecule has 1 saturated carbocycles. The van der Waals surface area contributed by atoms with Gasteiger partial charge in [0, 0.05) is 17.8 Å². The molecule has 0 aromatic carbocycles. The van der Waals surface area contributed by atoms with E-state index in [4.69, 9.17) is 16.3 Å². The topological polar surface area (TPSA) is 81.4 Å². The highest BCUT2D eigenvalue weighted by Gasteiger charge is 2.35. The van der Waals surface area contributed by atoms with Crippen LogP contribution in [0.5, 0.6) is 5.75 Å². The lowest BCUT2D eigenvalue weighted by Gasteiger charge is -2.39. The molecule has 0 spiro atoms. The predicted molar refractivity (Wildman–Crippen MR) is 102 cm³/mol. The lowest BCUT2D eigenvalue weighted by Crippen LogP contribution is -2.38. The molecule has 4 rings (SSSR count). The van der Waals surface area contributed by atoms with Gasteiger partial charge in [-0.25, -0.2) is 9.78 Å². The summed E-state index contributed by atoms with van der Waals surface area (Å²) in [4.78, 5) is 28.2. The quantitative estimate of drug-likeness (QED) is 0.789. The van der Waals surface area contributed by atoms with E-state index in [0.29, 0.717) is 36.1 Å². The fourth-order valence-corrected chi connectivity index (χ4v) is 3.77. The van der Waals surface area contributed by atoms with Crippen molar-refractivity contribution in [2.75, 3.05) is 6.61 Å². The molecule has 1 N–H and O–H groups in total. The summed E-state index contributed by atoms with van der Waals surface area (Å²) in [5.74, 6) is -0.0557. The first kappa shape index (κ1) is 18.0. The molecule has 0 bridgehead atoms. The number of ether oxygens (including phenoxy) is 1. The number of carboxylic acids is 1. The monoisotopic (exact) mass is 388 g/mol. The standard InChI is InChI=1S/C20H21ClN2O4/c1-3-20(2)8-12-6-16(27-10-11-4-5-11)18(21)22-17(12)14-7-15(24)13(19(25)26)9-23(14)20/h6-7,9,11H,3-5,8,10H2,1-2H3,(H,25,26). The smallest absolute Gasteiger partial charge is 0.341 e. The van der Waals surface area contributed by atoms with Crippen LogP contribution in [0.1, 0.15) is 49.0 Å². The Bertz CT molecular complexity index is 996. The zero-order chi connectivity index (χ0) is 19.3. The van der Waals surface area contributed by atoms with Crippen molar-refractivity contribution in [3.05, 3.63) is 44.8 Å². The molecule has 2 aliphatic rings. The van der Waals surface area contributed by atoms with Gasteiger partial charge in [0.15, 0.2) is 16.3 Å². The van der Waals surface area contributed by atoms with Gasteiger partial charge in [-0.05, 0) is 50.2 Å². The van der Waals surface area contributed by atoms with E-state index in [1.54, 1.807) is 0 Å². The molecule has 0 amide bonds. The van der Waals surface area contributed by atoms with E-state index in [0.717, 1.165) is 12.0 Å². The first-order valence-electron chi connectivity index (χ1n) is 9.15. The van der Waals surface area contributed by atoms with Crippen LogP contribution in [0, 0.1) is 5.92 Å². The van der Waals surface area contributed by atoms with Crippen LogP contribution in [0.4, 0.5) is 0 Å². The second-order valence-corrected chi connectivity index (χ2v) is 8.04. The number of pyridine rings is 2. The number of nitrogens with zero attached hydrogens (tertiary/aromatic N) is 2. The van der Waals surface area contributed by atoms with E-state index in [1.807, 2.05) is 17.6 Å². The van der Waals surface area contributed by atoms with E-state index in [1.165, 1.54) is 25.1 Å². The number of fused-ring (bicyclic) bond motifs is 3. The molecule has 0 saturated heterocycles. The van der Waals surface area contributed by atoms with Crippen molar-refractivity contribution in [3.8, 4) is 17.1 Å². The third kappa shape index (κ3) is 3.12. The van der Waals surface area contributed by atoms with Gasteiger partial charge < -0.3 is 14.4 Å². The SMILES string of the molecule is CCC1(C)Cc2cc(OCC3CC3)c(Cl)nc2-c2cc(=O)c(C(=O)O)cn21. The van der Waals surface area contributed by atoms with Crippen LogP contribution in [0.25, 0.3) is 11.4 Å². The summed E-state index contributed by atoms with van der Waals surface area (Å²) in [5.41, 5.74) is 1.01. The van der Waals surface area contributed by atoms with Gasteiger partial charge in [0.1, 0.15) is 5.56 Å². The second-order valence-electron chi connectivity index (χ2n) is 7.68. The van der Waals surface area contributed by atoms with Crippen molar-refractivity contribution < 1.29 is 14.6 Å². The minimum Gasteiger partial charge on any atom is -0.490 e. The Morgan fingerprint density at radius 1 is 1.44 bits per heavy atom.